The van der Waals surface area contributed by atoms with Crippen molar-refractivity contribution in [3.63, 3.8) is 0 Å². The topological polar surface area (TPSA) is 55.7 Å². The Morgan fingerprint density at radius 3 is 2.43 bits per heavy atom. The molecule has 0 N–H and O–H groups in total. The first-order valence-corrected chi connectivity index (χ1v) is 8.51. The van der Waals surface area contributed by atoms with Crippen LogP contribution < -0.4 is 0 Å². The maximum atomic E-state index is 12.3. The predicted octanol–water partition coefficient (Wildman–Crippen LogP) is 4.03. The highest BCUT2D eigenvalue weighted by atomic mass is 16.5. The van der Waals surface area contributed by atoms with Gasteiger partial charge in [-0.05, 0) is 74.5 Å². The molecule has 1 aromatic rings. The third-order valence-electron chi connectivity index (χ3n) is 5.93. The fraction of sp³-hybridized carbons (Fsp3) is 0.579. The van der Waals surface area contributed by atoms with Gasteiger partial charge >= 0.3 is 5.97 Å². The first-order chi connectivity index (χ1) is 11.2. The molecule has 4 nitrogen and oxygen atoms in total. The Hall–Kier alpha value is -1.93. The van der Waals surface area contributed by atoms with Gasteiger partial charge < -0.3 is 4.74 Å². The van der Waals surface area contributed by atoms with E-state index >= 15 is 0 Å². The molecule has 4 aliphatic carbocycles. The zero-order chi connectivity index (χ0) is 15.9. The van der Waals surface area contributed by atoms with Gasteiger partial charge in [0.05, 0.1) is 17.9 Å². The molecule has 0 aliphatic heterocycles. The van der Waals surface area contributed by atoms with Gasteiger partial charge in [-0.1, -0.05) is 6.07 Å². The van der Waals surface area contributed by atoms with Crippen molar-refractivity contribution in [1.82, 2.24) is 0 Å². The fourth-order valence-corrected chi connectivity index (χ4v) is 5.52. The Bertz CT molecular complexity index is 640. The summed E-state index contributed by atoms with van der Waals surface area (Å²) >= 11 is 0. The van der Waals surface area contributed by atoms with E-state index in [0.717, 1.165) is 17.8 Å². The van der Waals surface area contributed by atoms with Crippen LogP contribution in [0.1, 0.15) is 48.9 Å². The molecule has 4 saturated carbocycles. The zero-order valence-electron chi connectivity index (χ0n) is 13.2. The summed E-state index contributed by atoms with van der Waals surface area (Å²) in [6.45, 7) is 0.538. The van der Waals surface area contributed by atoms with Crippen LogP contribution in [-0.4, -0.2) is 18.7 Å². The molecule has 0 unspecified atom stereocenters. The third-order valence-corrected chi connectivity index (χ3v) is 5.93. The van der Waals surface area contributed by atoms with Gasteiger partial charge in [0.1, 0.15) is 0 Å². The molecule has 1 aromatic carbocycles. The quantitative estimate of drug-likeness (QED) is 0.479. The van der Waals surface area contributed by atoms with Crippen LogP contribution in [0, 0.1) is 23.2 Å². The molecule has 0 radical (unpaired) electrons. The largest absolute Gasteiger partial charge is 0.462 e. The van der Waals surface area contributed by atoms with E-state index in [1.54, 1.807) is 24.3 Å². The number of esters is 1. The molecule has 120 valence electrons. The van der Waals surface area contributed by atoms with Crippen molar-refractivity contribution in [3.05, 3.63) is 29.8 Å². The van der Waals surface area contributed by atoms with E-state index in [1.807, 2.05) is 0 Å². The average molecular weight is 311 g/mol. The van der Waals surface area contributed by atoms with E-state index < -0.39 is 0 Å². The Morgan fingerprint density at radius 1 is 1.17 bits per heavy atom. The minimum Gasteiger partial charge on any atom is -0.462 e. The summed E-state index contributed by atoms with van der Waals surface area (Å²) in [5, 5.41) is 0. The molecule has 0 spiro atoms. The van der Waals surface area contributed by atoms with Gasteiger partial charge in [-0.25, -0.2) is 9.59 Å². The number of hydrogen-bond acceptors (Lipinski definition) is 4. The highest BCUT2D eigenvalue weighted by Crippen LogP contribution is 2.60. The maximum Gasteiger partial charge on any atom is 0.338 e. The molecule has 0 saturated heterocycles. The van der Waals surface area contributed by atoms with Crippen LogP contribution in [0.3, 0.4) is 0 Å². The minimum atomic E-state index is -0.316. The van der Waals surface area contributed by atoms with Gasteiger partial charge in [-0.3, -0.25) is 0 Å². The lowest BCUT2D eigenvalue weighted by atomic mass is 9.50. The zero-order valence-corrected chi connectivity index (χ0v) is 13.2. The van der Waals surface area contributed by atoms with E-state index in [9.17, 15) is 9.59 Å². The number of carbonyl (C=O) groups is 1. The second-order valence-electron chi connectivity index (χ2n) is 7.75. The fourth-order valence-electron chi connectivity index (χ4n) is 5.52. The first-order valence-electron chi connectivity index (χ1n) is 8.51. The number of isocyanates is 1. The first kappa shape index (κ1) is 14.6. The van der Waals surface area contributed by atoms with Crippen molar-refractivity contribution in [3.8, 4) is 0 Å². The molecule has 23 heavy (non-hydrogen) atoms. The predicted molar refractivity (Wildman–Crippen MR) is 85.1 cm³/mol. The summed E-state index contributed by atoms with van der Waals surface area (Å²) < 4.78 is 5.67. The molecule has 4 heteroatoms. The molecule has 4 bridgehead atoms. The van der Waals surface area contributed by atoms with Crippen LogP contribution in [0.2, 0.25) is 0 Å². The second-order valence-corrected chi connectivity index (χ2v) is 7.75. The molecule has 4 fully saturated rings. The summed E-state index contributed by atoms with van der Waals surface area (Å²) in [4.78, 5) is 26.2. The van der Waals surface area contributed by atoms with Crippen LogP contribution in [0.25, 0.3) is 0 Å². The number of hydrogen-bond donors (Lipinski definition) is 0. The number of aliphatic imine (C=N–C) groups is 1. The van der Waals surface area contributed by atoms with Crippen molar-refractivity contribution in [2.24, 2.45) is 28.2 Å². The summed E-state index contributed by atoms with van der Waals surface area (Å²) in [5.74, 6) is 2.24. The van der Waals surface area contributed by atoms with Gasteiger partial charge in [0.15, 0.2) is 0 Å². The summed E-state index contributed by atoms with van der Waals surface area (Å²) in [7, 11) is 0. The lowest BCUT2D eigenvalue weighted by Crippen LogP contribution is -2.48. The van der Waals surface area contributed by atoms with Gasteiger partial charge in [-0.2, -0.15) is 4.99 Å². The number of rotatable bonds is 4. The highest BCUT2D eigenvalue weighted by molar-refractivity contribution is 5.90. The Labute approximate surface area is 135 Å². The van der Waals surface area contributed by atoms with Gasteiger partial charge in [0.2, 0.25) is 6.08 Å². The molecular weight excluding hydrogens is 290 g/mol. The molecule has 0 atom stereocenters. The smallest absolute Gasteiger partial charge is 0.338 e. The maximum absolute atomic E-state index is 12.3. The van der Waals surface area contributed by atoms with Crippen molar-refractivity contribution in [2.45, 2.75) is 38.5 Å². The molecular formula is C19H21NO3. The van der Waals surface area contributed by atoms with Gasteiger partial charge in [-0.15, -0.1) is 0 Å². The van der Waals surface area contributed by atoms with E-state index in [2.05, 4.69) is 4.99 Å². The van der Waals surface area contributed by atoms with E-state index in [1.165, 1.54) is 44.6 Å². The minimum absolute atomic E-state index is 0.225. The third kappa shape index (κ3) is 2.84. The highest BCUT2D eigenvalue weighted by Gasteiger charge is 2.51. The molecule has 5 rings (SSSR count). The van der Waals surface area contributed by atoms with Crippen LogP contribution in [0.15, 0.2) is 29.3 Å². The monoisotopic (exact) mass is 311 g/mol. The van der Waals surface area contributed by atoms with Crippen LogP contribution in [0.4, 0.5) is 5.69 Å². The molecule has 0 aromatic heterocycles. The van der Waals surface area contributed by atoms with Crippen molar-refractivity contribution >= 4 is 17.7 Å². The lowest BCUT2D eigenvalue weighted by Gasteiger charge is -2.56. The number of nitrogens with zero attached hydrogens (tertiary/aromatic N) is 1. The number of benzene rings is 1. The Morgan fingerprint density at radius 2 is 1.83 bits per heavy atom. The summed E-state index contributed by atoms with van der Waals surface area (Å²) in [6, 6.07) is 6.65. The van der Waals surface area contributed by atoms with Crippen molar-refractivity contribution in [2.75, 3.05) is 6.61 Å². The van der Waals surface area contributed by atoms with Crippen LogP contribution in [0.5, 0.6) is 0 Å². The molecule has 0 amide bonds. The number of ether oxygens (including phenoxy) is 1. The summed E-state index contributed by atoms with van der Waals surface area (Å²) in [5.41, 5.74) is 1.11. The van der Waals surface area contributed by atoms with E-state index in [4.69, 9.17) is 4.74 Å². The average Bonchev–Trinajstić information content (AvgIpc) is 2.52. The molecule has 4 aliphatic rings. The van der Waals surface area contributed by atoms with Crippen LogP contribution in [-0.2, 0) is 9.53 Å². The van der Waals surface area contributed by atoms with Crippen molar-refractivity contribution < 1.29 is 14.3 Å². The molecule has 0 heterocycles. The Balaban J connectivity index is 1.44. The van der Waals surface area contributed by atoms with Gasteiger partial charge in [0, 0.05) is 5.41 Å². The SMILES string of the molecule is O=C=Nc1cccc(C(=O)OCC23CC4CC(CC(C4)C2)C3)c1. The van der Waals surface area contributed by atoms with E-state index in [-0.39, 0.29) is 11.4 Å². The standard InChI is InChI=1S/C19H21NO3/c21-12-20-17-3-1-2-16(7-17)18(22)23-11-19-8-13-4-14(9-19)6-15(5-13)10-19/h1-3,7,13-15H,4-6,8-11H2. The van der Waals surface area contributed by atoms with Crippen LogP contribution >= 0.6 is 0 Å². The normalized spacial score (nSPS) is 34.0. The van der Waals surface area contributed by atoms with Crippen molar-refractivity contribution in [1.29, 1.82) is 0 Å². The van der Waals surface area contributed by atoms with Gasteiger partial charge in [0.25, 0.3) is 0 Å². The summed E-state index contributed by atoms with van der Waals surface area (Å²) in [6.07, 6.45) is 9.33. The van der Waals surface area contributed by atoms with E-state index in [0.29, 0.717) is 17.9 Å². The number of carbonyl (C=O) groups excluding carboxylic acids is 2. The Kier molecular flexibility index (Phi) is 3.57. The lowest BCUT2D eigenvalue weighted by molar-refractivity contribution is -0.0848. The second kappa shape index (κ2) is 5.61.